The molecule has 18 heavy (non-hydrogen) atoms. The number of hydrogen-bond acceptors (Lipinski definition) is 7. The zero-order valence-electron chi connectivity index (χ0n) is 10.7. The summed E-state index contributed by atoms with van der Waals surface area (Å²) >= 11 is 0. The first-order valence-corrected chi connectivity index (χ1v) is 5.73. The standard InChI is InChI=1S/C11H17N5O2/c1-11(2,3)13-7-9-14-15-10(18-9)12-6-8-4-5-17-16-8/h4-5,13H,6-7H2,1-3H3,(H,12,15). The van der Waals surface area contributed by atoms with E-state index in [-0.39, 0.29) is 5.54 Å². The highest BCUT2D eigenvalue weighted by Gasteiger charge is 2.12. The Hall–Kier alpha value is -1.89. The summed E-state index contributed by atoms with van der Waals surface area (Å²) in [7, 11) is 0. The lowest BCUT2D eigenvalue weighted by Crippen LogP contribution is -2.35. The highest BCUT2D eigenvalue weighted by molar-refractivity contribution is 5.18. The molecule has 0 aliphatic heterocycles. The number of rotatable bonds is 5. The summed E-state index contributed by atoms with van der Waals surface area (Å²) in [5.41, 5.74) is 0.797. The Balaban J connectivity index is 1.82. The molecule has 7 heteroatoms. The van der Waals surface area contributed by atoms with Crippen molar-refractivity contribution in [3.8, 4) is 0 Å². The summed E-state index contributed by atoms with van der Waals surface area (Å²) in [6.07, 6.45) is 1.52. The third-order valence-corrected chi connectivity index (χ3v) is 2.15. The average molecular weight is 251 g/mol. The number of anilines is 1. The van der Waals surface area contributed by atoms with Gasteiger partial charge in [-0.3, -0.25) is 0 Å². The van der Waals surface area contributed by atoms with E-state index in [1.54, 1.807) is 6.07 Å². The molecule has 0 unspecified atom stereocenters. The van der Waals surface area contributed by atoms with Crippen LogP contribution in [0.2, 0.25) is 0 Å². The Morgan fingerprint density at radius 3 is 2.72 bits per heavy atom. The Bertz CT molecular complexity index is 472. The zero-order chi connectivity index (χ0) is 13.0. The van der Waals surface area contributed by atoms with E-state index in [2.05, 4.69) is 46.8 Å². The molecule has 0 saturated carbocycles. The van der Waals surface area contributed by atoms with E-state index in [4.69, 9.17) is 8.94 Å². The van der Waals surface area contributed by atoms with Crippen molar-refractivity contribution >= 4 is 6.01 Å². The van der Waals surface area contributed by atoms with Gasteiger partial charge in [0, 0.05) is 11.6 Å². The van der Waals surface area contributed by atoms with Crippen molar-refractivity contribution in [2.45, 2.75) is 39.4 Å². The first-order chi connectivity index (χ1) is 8.53. The summed E-state index contributed by atoms with van der Waals surface area (Å²) in [5.74, 6) is 0.549. The number of nitrogens with one attached hydrogen (secondary N) is 2. The van der Waals surface area contributed by atoms with Crippen LogP contribution in [0.4, 0.5) is 6.01 Å². The molecule has 0 amide bonds. The van der Waals surface area contributed by atoms with Crippen LogP contribution in [0.5, 0.6) is 0 Å². The third-order valence-electron chi connectivity index (χ3n) is 2.15. The van der Waals surface area contributed by atoms with E-state index in [0.717, 1.165) is 5.69 Å². The lowest BCUT2D eigenvalue weighted by atomic mass is 10.1. The summed E-state index contributed by atoms with van der Waals surface area (Å²) in [4.78, 5) is 0. The molecule has 7 nitrogen and oxygen atoms in total. The van der Waals surface area contributed by atoms with Crippen molar-refractivity contribution in [1.82, 2.24) is 20.7 Å². The molecular weight excluding hydrogens is 234 g/mol. The maximum atomic E-state index is 5.42. The largest absolute Gasteiger partial charge is 0.407 e. The second kappa shape index (κ2) is 5.18. The lowest BCUT2D eigenvalue weighted by molar-refractivity contribution is 0.383. The fraction of sp³-hybridized carbons (Fsp3) is 0.545. The van der Waals surface area contributed by atoms with Gasteiger partial charge in [-0.1, -0.05) is 10.3 Å². The minimum Gasteiger partial charge on any atom is -0.407 e. The van der Waals surface area contributed by atoms with Gasteiger partial charge in [-0.05, 0) is 20.8 Å². The van der Waals surface area contributed by atoms with Crippen LogP contribution in [0.25, 0.3) is 0 Å². The van der Waals surface area contributed by atoms with Gasteiger partial charge in [-0.25, -0.2) is 0 Å². The van der Waals surface area contributed by atoms with Gasteiger partial charge >= 0.3 is 6.01 Å². The smallest absolute Gasteiger partial charge is 0.315 e. The summed E-state index contributed by atoms with van der Waals surface area (Å²) in [6, 6.07) is 2.15. The van der Waals surface area contributed by atoms with Crippen LogP contribution in [0.1, 0.15) is 32.4 Å². The van der Waals surface area contributed by atoms with Gasteiger partial charge in [0.25, 0.3) is 0 Å². The molecule has 0 fully saturated rings. The minimum atomic E-state index is 0.0166. The van der Waals surface area contributed by atoms with Gasteiger partial charge in [0.15, 0.2) is 0 Å². The maximum Gasteiger partial charge on any atom is 0.315 e. The molecular formula is C11H17N5O2. The molecule has 2 aromatic rings. The fourth-order valence-corrected chi connectivity index (χ4v) is 1.23. The Kier molecular flexibility index (Phi) is 3.61. The van der Waals surface area contributed by atoms with E-state index in [0.29, 0.717) is 25.0 Å². The highest BCUT2D eigenvalue weighted by Crippen LogP contribution is 2.08. The third kappa shape index (κ3) is 3.85. The molecule has 98 valence electrons. The Labute approximate surface area is 105 Å². The first kappa shape index (κ1) is 12.6. The number of aromatic nitrogens is 3. The Morgan fingerprint density at radius 1 is 1.22 bits per heavy atom. The monoisotopic (exact) mass is 251 g/mol. The molecule has 2 heterocycles. The lowest BCUT2D eigenvalue weighted by Gasteiger charge is -2.18. The number of nitrogens with zero attached hydrogens (tertiary/aromatic N) is 3. The SMILES string of the molecule is CC(C)(C)NCc1nnc(NCc2ccon2)o1. The van der Waals surface area contributed by atoms with Gasteiger partial charge in [0.1, 0.15) is 12.0 Å². The van der Waals surface area contributed by atoms with Crippen LogP contribution in [0.3, 0.4) is 0 Å². The van der Waals surface area contributed by atoms with Crippen molar-refractivity contribution in [1.29, 1.82) is 0 Å². The van der Waals surface area contributed by atoms with Crippen molar-refractivity contribution in [3.63, 3.8) is 0 Å². The minimum absolute atomic E-state index is 0.0166. The second-order valence-corrected chi connectivity index (χ2v) is 4.95. The van der Waals surface area contributed by atoms with E-state index in [1.165, 1.54) is 6.26 Å². The predicted molar refractivity (Wildman–Crippen MR) is 64.7 cm³/mol. The summed E-state index contributed by atoms with van der Waals surface area (Å²) in [6.45, 7) is 7.26. The summed E-state index contributed by atoms with van der Waals surface area (Å²) in [5, 5.41) is 17.8. The molecule has 0 aromatic carbocycles. The van der Waals surface area contributed by atoms with Gasteiger partial charge < -0.3 is 19.6 Å². The Morgan fingerprint density at radius 2 is 2.06 bits per heavy atom. The van der Waals surface area contributed by atoms with Crippen molar-refractivity contribution < 1.29 is 8.94 Å². The predicted octanol–water partition coefficient (Wildman–Crippen LogP) is 1.56. The van der Waals surface area contributed by atoms with E-state index < -0.39 is 0 Å². The molecule has 0 aliphatic carbocycles. The quantitative estimate of drug-likeness (QED) is 0.833. The van der Waals surface area contributed by atoms with Gasteiger partial charge in [0.2, 0.25) is 5.89 Å². The summed E-state index contributed by atoms with van der Waals surface area (Å²) < 4.78 is 10.1. The molecule has 0 spiro atoms. The normalized spacial score (nSPS) is 11.7. The van der Waals surface area contributed by atoms with Crippen LogP contribution in [0, 0.1) is 0 Å². The zero-order valence-corrected chi connectivity index (χ0v) is 10.7. The second-order valence-electron chi connectivity index (χ2n) is 4.95. The van der Waals surface area contributed by atoms with Gasteiger partial charge in [-0.2, -0.15) is 0 Å². The van der Waals surface area contributed by atoms with Crippen molar-refractivity contribution in [2.75, 3.05) is 5.32 Å². The molecule has 2 aromatic heterocycles. The topological polar surface area (TPSA) is 89.0 Å². The van der Waals surface area contributed by atoms with Crippen LogP contribution in [0.15, 0.2) is 21.3 Å². The molecule has 0 aliphatic rings. The van der Waals surface area contributed by atoms with E-state index in [1.807, 2.05) is 0 Å². The van der Waals surface area contributed by atoms with Gasteiger partial charge in [-0.15, -0.1) is 5.10 Å². The molecule has 0 saturated heterocycles. The van der Waals surface area contributed by atoms with Crippen LogP contribution < -0.4 is 10.6 Å². The molecule has 0 atom stereocenters. The van der Waals surface area contributed by atoms with E-state index >= 15 is 0 Å². The van der Waals surface area contributed by atoms with Crippen molar-refractivity contribution in [2.24, 2.45) is 0 Å². The van der Waals surface area contributed by atoms with Crippen LogP contribution in [-0.4, -0.2) is 20.9 Å². The average Bonchev–Trinajstić information content (AvgIpc) is 2.94. The first-order valence-electron chi connectivity index (χ1n) is 5.73. The molecule has 0 bridgehead atoms. The van der Waals surface area contributed by atoms with Crippen LogP contribution in [-0.2, 0) is 13.1 Å². The molecule has 2 rings (SSSR count). The van der Waals surface area contributed by atoms with Crippen LogP contribution >= 0.6 is 0 Å². The molecule has 0 radical (unpaired) electrons. The van der Waals surface area contributed by atoms with Gasteiger partial charge in [0.05, 0.1) is 13.1 Å². The van der Waals surface area contributed by atoms with E-state index in [9.17, 15) is 0 Å². The highest BCUT2D eigenvalue weighted by atomic mass is 16.5. The maximum absolute atomic E-state index is 5.42. The van der Waals surface area contributed by atoms with Crippen molar-refractivity contribution in [3.05, 3.63) is 23.9 Å². The molecule has 2 N–H and O–H groups in total. The number of hydrogen-bond donors (Lipinski definition) is 2. The fourth-order valence-electron chi connectivity index (χ4n) is 1.23.